The quantitative estimate of drug-likeness (QED) is 0.447. The van der Waals surface area contributed by atoms with Gasteiger partial charge in [-0.1, -0.05) is 6.08 Å². The maximum atomic E-state index is 5.21. The normalized spacial score (nSPS) is 12.9. The van der Waals surface area contributed by atoms with Crippen molar-refractivity contribution in [2.24, 2.45) is 0 Å². The highest BCUT2D eigenvalue weighted by Gasteiger charge is 1.98. The van der Waals surface area contributed by atoms with Crippen molar-refractivity contribution >= 4 is 0 Å². The molecule has 0 aromatic rings. The van der Waals surface area contributed by atoms with Crippen molar-refractivity contribution in [2.45, 2.75) is 25.8 Å². The number of nitrogens with one attached hydrogen (secondary N) is 1. The molecule has 0 heterocycles. The molecule has 0 aromatic carbocycles. The molecule has 1 unspecified atom stereocenters. The lowest BCUT2D eigenvalue weighted by molar-refractivity contribution is 0.142. The number of hydrogen-bond acceptors (Lipinski definition) is 2. The molecule has 2 nitrogen and oxygen atoms in total. The minimum Gasteiger partial charge on any atom is -0.382 e. The Labute approximate surface area is 69.6 Å². The molecule has 0 saturated carbocycles. The van der Waals surface area contributed by atoms with Crippen LogP contribution in [0.5, 0.6) is 0 Å². The minimum absolute atomic E-state index is 0.440. The lowest BCUT2D eigenvalue weighted by Gasteiger charge is -2.09. The molecule has 2 heteroatoms. The zero-order valence-corrected chi connectivity index (χ0v) is 7.60. The molecule has 1 atom stereocenters. The molecule has 0 bridgehead atoms. The first-order valence-electron chi connectivity index (χ1n) is 4.22. The lowest BCUT2D eigenvalue weighted by atomic mass is 10.1. The third kappa shape index (κ3) is 6.07. The molecular weight excluding hydrogens is 138 g/mol. The fourth-order valence-corrected chi connectivity index (χ4v) is 0.930. The van der Waals surface area contributed by atoms with Gasteiger partial charge in [-0.05, 0) is 26.8 Å². The smallest absolute Gasteiger partial charge is 0.0466 e. The molecule has 0 spiro atoms. The summed E-state index contributed by atoms with van der Waals surface area (Å²) in [6, 6.07) is 0.440. The van der Waals surface area contributed by atoms with Gasteiger partial charge >= 0.3 is 0 Å². The SMILES string of the molecule is C=CC(CCCOCC)NC. The Morgan fingerprint density at radius 1 is 1.64 bits per heavy atom. The predicted molar refractivity (Wildman–Crippen MR) is 48.8 cm³/mol. The monoisotopic (exact) mass is 157 g/mol. The van der Waals surface area contributed by atoms with E-state index < -0.39 is 0 Å². The van der Waals surface area contributed by atoms with Crippen LogP contribution in [0.4, 0.5) is 0 Å². The van der Waals surface area contributed by atoms with Crippen LogP contribution in [0.1, 0.15) is 19.8 Å². The molecule has 0 aromatic heterocycles. The van der Waals surface area contributed by atoms with Crippen LogP contribution in [-0.4, -0.2) is 26.3 Å². The Morgan fingerprint density at radius 3 is 2.82 bits per heavy atom. The first kappa shape index (κ1) is 10.7. The molecule has 11 heavy (non-hydrogen) atoms. The van der Waals surface area contributed by atoms with Gasteiger partial charge in [-0.15, -0.1) is 6.58 Å². The first-order valence-corrected chi connectivity index (χ1v) is 4.22. The maximum absolute atomic E-state index is 5.21. The van der Waals surface area contributed by atoms with Crippen LogP contribution in [0.3, 0.4) is 0 Å². The zero-order chi connectivity index (χ0) is 8.53. The molecule has 0 fully saturated rings. The molecule has 0 radical (unpaired) electrons. The van der Waals surface area contributed by atoms with Crippen molar-refractivity contribution in [3.05, 3.63) is 12.7 Å². The van der Waals surface area contributed by atoms with Gasteiger partial charge in [0.2, 0.25) is 0 Å². The summed E-state index contributed by atoms with van der Waals surface area (Å²) < 4.78 is 5.21. The average Bonchev–Trinajstić information content (AvgIpc) is 2.05. The van der Waals surface area contributed by atoms with Crippen LogP contribution in [0.15, 0.2) is 12.7 Å². The second kappa shape index (κ2) is 7.76. The number of rotatable bonds is 7. The van der Waals surface area contributed by atoms with Crippen molar-refractivity contribution < 1.29 is 4.74 Å². The van der Waals surface area contributed by atoms with Gasteiger partial charge < -0.3 is 10.1 Å². The molecule has 0 aliphatic carbocycles. The Kier molecular flexibility index (Phi) is 7.52. The van der Waals surface area contributed by atoms with Crippen molar-refractivity contribution in [3.8, 4) is 0 Å². The van der Waals surface area contributed by atoms with Gasteiger partial charge in [0.05, 0.1) is 0 Å². The molecular formula is C9H19NO. The average molecular weight is 157 g/mol. The molecule has 0 rings (SSSR count). The standard InChI is InChI=1S/C9H19NO/c1-4-9(10-3)7-6-8-11-5-2/h4,9-10H,1,5-8H2,2-3H3. The Bertz CT molecular complexity index is 93.6. The van der Waals surface area contributed by atoms with E-state index in [0.29, 0.717) is 6.04 Å². The summed E-state index contributed by atoms with van der Waals surface area (Å²) in [4.78, 5) is 0. The Balaban J connectivity index is 3.14. The largest absolute Gasteiger partial charge is 0.382 e. The molecule has 66 valence electrons. The highest BCUT2D eigenvalue weighted by atomic mass is 16.5. The van der Waals surface area contributed by atoms with Crippen LogP contribution in [0.2, 0.25) is 0 Å². The van der Waals surface area contributed by atoms with E-state index in [0.717, 1.165) is 26.1 Å². The van der Waals surface area contributed by atoms with Crippen molar-refractivity contribution in [1.29, 1.82) is 0 Å². The highest BCUT2D eigenvalue weighted by molar-refractivity contribution is 4.83. The van der Waals surface area contributed by atoms with Crippen molar-refractivity contribution in [1.82, 2.24) is 5.32 Å². The van der Waals surface area contributed by atoms with Gasteiger partial charge in [0.15, 0.2) is 0 Å². The van der Waals surface area contributed by atoms with Crippen LogP contribution in [0.25, 0.3) is 0 Å². The zero-order valence-electron chi connectivity index (χ0n) is 7.60. The van der Waals surface area contributed by atoms with E-state index in [2.05, 4.69) is 11.9 Å². The predicted octanol–water partition coefficient (Wildman–Crippen LogP) is 1.58. The molecule has 0 saturated heterocycles. The van der Waals surface area contributed by atoms with E-state index in [4.69, 9.17) is 4.74 Å². The van der Waals surface area contributed by atoms with E-state index in [1.54, 1.807) is 0 Å². The summed E-state index contributed by atoms with van der Waals surface area (Å²) in [5.74, 6) is 0. The van der Waals surface area contributed by atoms with Gasteiger partial charge in [0.25, 0.3) is 0 Å². The van der Waals surface area contributed by atoms with E-state index in [-0.39, 0.29) is 0 Å². The number of hydrogen-bond donors (Lipinski definition) is 1. The number of ether oxygens (including phenoxy) is 1. The minimum atomic E-state index is 0.440. The van der Waals surface area contributed by atoms with Crippen LogP contribution in [-0.2, 0) is 4.74 Å². The Hall–Kier alpha value is -0.340. The van der Waals surface area contributed by atoms with Gasteiger partial charge in [-0.3, -0.25) is 0 Å². The summed E-state index contributed by atoms with van der Waals surface area (Å²) in [5.41, 5.74) is 0. The third-order valence-corrected chi connectivity index (χ3v) is 1.66. The highest BCUT2D eigenvalue weighted by Crippen LogP contribution is 1.97. The van der Waals surface area contributed by atoms with E-state index in [1.807, 2.05) is 20.0 Å². The summed E-state index contributed by atoms with van der Waals surface area (Å²) >= 11 is 0. The van der Waals surface area contributed by atoms with E-state index in [1.165, 1.54) is 0 Å². The summed E-state index contributed by atoms with van der Waals surface area (Å²) in [6.45, 7) is 7.43. The third-order valence-electron chi connectivity index (χ3n) is 1.66. The van der Waals surface area contributed by atoms with Gasteiger partial charge in [0, 0.05) is 19.3 Å². The summed E-state index contributed by atoms with van der Waals surface area (Å²) in [6.07, 6.45) is 4.15. The van der Waals surface area contributed by atoms with Crippen LogP contribution in [0, 0.1) is 0 Å². The lowest BCUT2D eigenvalue weighted by Crippen LogP contribution is -2.22. The van der Waals surface area contributed by atoms with Gasteiger partial charge in [-0.2, -0.15) is 0 Å². The fraction of sp³-hybridized carbons (Fsp3) is 0.778. The van der Waals surface area contributed by atoms with Crippen molar-refractivity contribution in [2.75, 3.05) is 20.3 Å². The summed E-state index contributed by atoms with van der Waals surface area (Å²) in [5, 5.41) is 3.16. The molecule has 0 aliphatic heterocycles. The maximum Gasteiger partial charge on any atom is 0.0466 e. The molecule has 1 N–H and O–H groups in total. The fourth-order valence-electron chi connectivity index (χ4n) is 0.930. The number of likely N-dealkylation sites (N-methyl/N-ethyl adjacent to an activating group) is 1. The van der Waals surface area contributed by atoms with Gasteiger partial charge in [-0.25, -0.2) is 0 Å². The second-order valence-electron chi connectivity index (χ2n) is 2.47. The van der Waals surface area contributed by atoms with Crippen molar-refractivity contribution in [3.63, 3.8) is 0 Å². The van der Waals surface area contributed by atoms with E-state index >= 15 is 0 Å². The second-order valence-corrected chi connectivity index (χ2v) is 2.47. The topological polar surface area (TPSA) is 21.3 Å². The Morgan fingerprint density at radius 2 is 2.36 bits per heavy atom. The molecule has 0 aliphatic rings. The van der Waals surface area contributed by atoms with Crippen LogP contribution >= 0.6 is 0 Å². The first-order chi connectivity index (χ1) is 5.35. The molecule has 0 amide bonds. The summed E-state index contributed by atoms with van der Waals surface area (Å²) in [7, 11) is 1.95. The van der Waals surface area contributed by atoms with Crippen LogP contribution < -0.4 is 5.32 Å². The van der Waals surface area contributed by atoms with E-state index in [9.17, 15) is 0 Å². The van der Waals surface area contributed by atoms with Gasteiger partial charge in [0.1, 0.15) is 0 Å².